The largest absolute Gasteiger partial charge is 0.457 e. The number of nitrogens with one attached hydrogen (secondary N) is 1. The molecule has 4 heterocycles. The van der Waals surface area contributed by atoms with Gasteiger partial charge in [-0.15, -0.1) is 0 Å². The van der Waals surface area contributed by atoms with Gasteiger partial charge in [-0.3, -0.25) is 4.57 Å². The Labute approximate surface area is 241 Å². The lowest BCUT2D eigenvalue weighted by Gasteiger charge is -2.37. The highest BCUT2D eigenvalue weighted by atomic mass is 32.2. The lowest BCUT2D eigenvalue weighted by atomic mass is 10.0. The molecule has 2 aliphatic heterocycles. The Morgan fingerprint density at radius 1 is 1.10 bits per heavy atom. The Morgan fingerprint density at radius 3 is 2.45 bits per heavy atom. The first-order valence-corrected chi connectivity index (χ1v) is 15.4. The van der Waals surface area contributed by atoms with Gasteiger partial charge in [0.1, 0.15) is 11.9 Å². The average Bonchev–Trinajstić information content (AvgIpc) is 3.08. The minimum Gasteiger partial charge on any atom is -0.457 e. The summed E-state index contributed by atoms with van der Waals surface area (Å²) in [4.78, 5) is 29.1. The van der Waals surface area contributed by atoms with Crippen molar-refractivity contribution in [1.82, 2.24) is 24.8 Å². The summed E-state index contributed by atoms with van der Waals surface area (Å²) in [7, 11) is -1.59. The zero-order valence-electron chi connectivity index (χ0n) is 23.0. The predicted molar refractivity (Wildman–Crippen MR) is 151 cm³/mol. The smallest absolute Gasteiger partial charge is 0.416 e. The van der Waals surface area contributed by atoms with Gasteiger partial charge in [0.25, 0.3) is 5.92 Å². The van der Waals surface area contributed by atoms with Crippen LogP contribution in [0.5, 0.6) is 6.01 Å². The Bertz CT molecular complexity index is 1570. The molecule has 6 rings (SSSR count). The number of hydrogen-bond donors (Lipinski definition) is 2. The predicted octanol–water partition coefficient (Wildman–Crippen LogP) is 4.92. The van der Waals surface area contributed by atoms with E-state index in [1.807, 2.05) is 18.7 Å². The number of thiol groups is 1. The highest BCUT2D eigenvalue weighted by molar-refractivity contribution is 8.20. The van der Waals surface area contributed by atoms with Crippen LogP contribution in [0.4, 0.5) is 27.8 Å². The Balaban J connectivity index is 1.59. The third-order valence-corrected chi connectivity index (χ3v) is 10.6. The van der Waals surface area contributed by atoms with Gasteiger partial charge in [0.05, 0.1) is 17.6 Å². The van der Waals surface area contributed by atoms with Crippen molar-refractivity contribution >= 4 is 27.6 Å². The first-order valence-electron chi connectivity index (χ1n) is 13.8. The normalized spacial score (nSPS) is 26.9. The van der Waals surface area contributed by atoms with Gasteiger partial charge >= 0.3 is 17.9 Å². The number of aromatic nitrogens is 4. The molecule has 1 N–H and O–H groups in total. The Morgan fingerprint density at radius 2 is 1.81 bits per heavy atom. The van der Waals surface area contributed by atoms with Crippen LogP contribution in [0, 0.1) is 0 Å². The standard InChI is InChI=1S/C28H31F5N6O2S/c1-16-12-38(13-17(2)36-16)24-21-10-18(28(31,32)33)11-22-23(21)39(26(40)37-24)14-19(41-25-34-8-3-9-35-25)15-42(22)20-4-6-27(29,30)7-5-20/h3-4,8-11,16-17,19,36,42H,5-7,12-15H2,1-2H3/t16-,17+,19-/m0/s1. The van der Waals surface area contributed by atoms with Gasteiger partial charge in [0.2, 0.25) is 0 Å². The van der Waals surface area contributed by atoms with E-state index in [0.717, 1.165) is 12.1 Å². The van der Waals surface area contributed by atoms with Crippen molar-refractivity contribution in [2.45, 2.75) is 74.8 Å². The van der Waals surface area contributed by atoms with E-state index in [0.29, 0.717) is 28.4 Å². The second-order valence-corrected chi connectivity index (χ2v) is 13.5. The van der Waals surface area contributed by atoms with E-state index < -0.39 is 53.2 Å². The number of nitrogens with zero attached hydrogens (tertiary/aromatic N) is 5. The third-order valence-electron chi connectivity index (χ3n) is 7.82. The Kier molecular flexibility index (Phi) is 7.40. The van der Waals surface area contributed by atoms with Crippen LogP contribution in [0.15, 0.2) is 51.3 Å². The summed E-state index contributed by atoms with van der Waals surface area (Å²) >= 11 is 0. The maximum atomic E-state index is 14.4. The molecule has 0 saturated carbocycles. The van der Waals surface area contributed by atoms with Crippen LogP contribution in [0.2, 0.25) is 0 Å². The van der Waals surface area contributed by atoms with Crippen LogP contribution < -0.4 is 20.6 Å². The van der Waals surface area contributed by atoms with Crippen LogP contribution in [0.1, 0.15) is 38.7 Å². The summed E-state index contributed by atoms with van der Waals surface area (Å²) in [6.45, 7) is 4.83. The van der Waals surface area contributed by atoms with Crippen molar-refractivity contribution in [1.29, 1.82) is 0 Å². The minimum atomic E-state index is -4.68. The van der Waals surface area contributed by atoms with Crippen LogP contribution in [0.3, 0.4) is 0 Å². The van der Waals surface area contributed by atoms with Gasteiger partial charge in [0.15, 0.2) is 0 Å². The Hall–Kier alpha value is -3.26. The molecule has 3 aliphatic rings. The van der Waals surface area contributed by atoms with Crippen molar-refractivity contribution in [2.24, 2.45) is 0 Å². The van der Waals surface area contributed by atoms with Crippen molar-refractivity contribution < 1.29 is 26.7 Å². The molecule has 0 bridgehead atoms. The molecule has 1 aromatic carbocycles. The lowest BCUT2D eigenvalue weighted by molar-refractivity contribution is -0.137. The molecule has 0 radical (unpaired) electrons. The van der Waals surface area contributed by atoms with E-state index in [2.05, 4.69) is 20.3 Å². The van der Waals surface area contributed by atoms with Gasteiger partial charge in [-0.2, -0.15) is 29.1 Å². The van der Waals surface area contributed by atoms with Crippen LogP contribution in [-0.4, -0.2) is 62.5 Å². The van der Waals surface area contributed by atoms with E-state index >= 15 is 0 Å². The quantitative estimate of drug-likeness (QED) is 0.321. The molecule has 1 saturated heterocycles. The summed E-state index contributed by atoms with van der Waals surface area (Å²) in [5.74, 6) is -2.47. The molecule has 3 aromatic rings. The average molecular weight is 611 g/mol. The number of alkyl halides is 5. The summed E-state index contributed by atoms with van der Waals surface area (Å²) in [6, 6.07) is 3.86. The number of benzene rings is 1. The molecule has 226 valence electrons. The van der Waals surface area contributed by atoms with Crippen LogP contribution in [0.25, 0.3) is 10.9 Å². The number of halogens is 5. The molecule has 1 fully saturated rings. The zero-order valence-corrected chi connectivity index (χ0v) is 23.9. The fourth-order valence-corrected chi connectivity index (χ4v) is 8.92. The highest BCUT2D eigenvalue weighted by Crippen LogP contribution is 2.55. The van der Waals surface area contributed by atoms with Gasteiger partial charge in [-0.05, 0) is 43.4 Å². The van der Waals surface area contributed by atoms with Gasteiger partial charge in [-0.1, -0.05) is 6.08 Å². The van der Waals surface area contributed by atoms with Crippen molar-refractivity contribution in [3.63, 3.8) is 0 Å². The van der Waals surface area contributed by atoms with Gasteiger partial charge in [0, 0.05) is 66.4 Å². The topological polar surface area (TPSA) is 85.2 Å². The lowest BCUT2D eigenvalue weighted by Crippen LogP contribution is -2.55. The number of hydrogen-bond acceptors (Lipinski definition) is 7. The fourth-order valence-electron chi connectivity index (χ4n) is 6.09. The highest BCUT2D eigenvalue weighted by Gasteiger charge is 2.39. The molecule has 1 aliphatic carbocycles. The first kappa shape index (κ1) is 28.8. The van der Waals surface area contributed by atoms with Crippen molar-refractivity contribution in [3.8, 4) is 6.01 Å². The number of anilines is 1. The molecule has 42 heavy (non-hydrogen) atoms. The monoisotopic (exact) mass is 610 g/mol. The molecular weight excluding hydrogens is 579 g/mol. The third kappa shape index (κ3) is 5.70. The van der Waals surface area contributed by atoms with Crippen LogP contribution >= 0.6 is 10.9 Å². The number of piperazine rings is 1. The maximum Gasteiger partial charge on any atom is 0.416 e. The van der Waals surface area contributed by atoms with E-state index in [1.165, 1.54) is 23.0 Å². The van der Waals surface area contributed by atoms with Crippen molar-refractivity contribution in [2.75, 3.05) is 23.7 Å². The minimum absolute atomic E-state index is 0.00410. The second kappa shape index (κ2) is 10.8. The van der Waals surface area contributed by atoms with Crippen LogP contribution in [-0.2, 0) is 12.7 Å². The molecule has 0 amide bonds. The van der Waals surface area contributed by atoms with E-state index in [-0.39, 0.29) is 48.0 Å². The molecule has 2 aromatic heterocycles. The number of ether oxygens (including phenoxy) is 1. The van der Waals surface area contributed by atoms with E-state index in [1.54, 1.807) is 6.07 Å². The SMILES string of the molecule is C[C@@H]1CN(c2nc(=O)n3c4c(cc(C(F)(F)F)cc24)[SH](C2=CCC(F)(F)CC2)C[C@@H](Oc2ncccn2)C3)C[C@H](C)N1. The second-order valence-electron chi connectivity index (χ2n) is 11.2. The molecular formula is C28H31F5N6O2S. The molecule has 14 heteroatoms. The first-order chi connectivity index (χ1) is 19.9. The molecule has 1 unspecified atom stereocenters. The van der Waals surface area contributed by atoms with E-state index in [9.17, 15) is 26.7 Å². The van der Waals surface area contributed by atoms with Gasteiger partial charge in [-0.25, -0.2) is 23.5 Å². The number of allylic oxidation sites excluding steroid dienone is 2. The van der Waals surface area contributed by atoms with E-state index in [4.69, 9.17) is 4.74 Å². The fraction of sp³-hybridized carbons (Fsp3) is 0.500. The van der Waals surface area contributed by atoms with Gasteiger partial charge < -0.3 is 15.0 Å². The summed E-state index contributed by atoms with van der Waals surface area (Å²) in [5, 5.41) is 3.61. The number of rotatable bonds is 4. The zero-order chi connectivity index (χ0) is 29.8. The summed E-state index contributed by atoms with van der Waals surface area (Å²) < 4.78 is 79.0. The summed E-state index contributed by atoms with van der Waals surface area (Å²) in [5.41, 5.74) is -1.13. The summed E-state index contributed by atoms with van der Waals surface area (Å²) in [6.07, 6.45) is -1.77. The maximum absolute atomic E-state index is 14.4. The molecule has 0 spiro atoms. The van der Waals surface area contributed by atoms with Crippen molar-refractivity contribution in [3.05, 3.63) is 57.6 Å². The molecule has 4 atom stereocenters. The molecule has 8 nitrogen and oxygen atoms in total.